The standard InChI is InChI=1S/C14H28N2O2/c1-3-14-13(4-7-18-14)10-15-12(2)11-16-5-8-17-9-6-16/h12-15H,3-11H2,1-2H3. The second kappa shape index (κ2) is 7.43. The van der Waals surface area contributed by atoms with Gasteiger partial charge in [-0.15, -0.1) is 0 Å². The molecule has 2 aliphatic rings. The molecule has 0 aromatic carbocycles. The first-order chi connectivity index (χ1) is 8.79. The molecule has 0 aromatic rings. The van der Waals surface area contributed by atoms with E-state index in [1.54, 1.807) is 0 Å². The van der Waals surface area contributed by atoms with Crippen LogP contribution in [0.15, 0.2) is 0 Å². The number of ether oxygens (including phenoxy) is 2. The molecule has 0 spiro atoms. The Morgan fingerprint density at radius 1 is 1.28 bits per heavy atom. The molecule has 0 radical (unpaired) electrons. The molecule has 0 bridgehead atoms. The summed E-state index contributed by atoms with van der Waals surface area (Å²) >= 11 is 0. The third kappa shape index (κ3) is 4.19. The van der Waals surface area contributed by atoms with Crippen LogP contribution in [0.4, 0.5) is 0 Å². The highest BCUT2D eigenvalue weighted by molar-refractivity contribution is 4.79. The van der Waals surface area contributed by atoms with Gasteiger partial charge in [0.15, 0.2) is 0 Å². The number of nitrogens with zero attached hydrogens (tertiary/aromatic N) is 1. The Morgan fingerprint density at radius 3 is 2.78 bits per heavy atom. The lowest BCUT2D eigenvalue weighted by atomic mass is 9.99. The third-order valence-electron chi connectivity index (χ3n) is 4.11. The van der Waals surface area contributed by atoms with E-state index in [0.717, 1.165) is 52.4 Å². The number of hydrogen-bond donors (Lipinski definition) is 1. The normalized spacial score (nSPS) is 31.7. The second-order valence-corrected chi connectivity index (χ2v) is 5.59. The van der Waals surface area contributed by atoms with E-state index in [1.807, 2.05) is 0 Å². The molecule has 2 rings (SSSR count). The Balaban J connectivity index is 1.63. The third-order valence-corrected chi connectivity index (χ3v) is 4.11. The van der Waals surface area contributed by atoms with Gasteiger partial charge >= 0.3 is 0 Å². The van der Waals surface area contributed by atoms with Crippen molar-refractivity contribution in [3.8, 4) is 0 Å². The maximum atomic E-state index is 5.73. The first kappa shape index (κ1) is 14.3. The molecule has 0 aromatic heterocycles. The van der Waals surface area contributed by atoms with Gasteiger partial charge in [0.25, 0.3) is 0 Å². The minimum absolute atomic E-state index is 0.480. The zero-order valence-corrected chi connectivity index (χ0v) is 11.9. The molecule has 18 heavy (non-hydrogen) atoms. The summed E-state index contributed by atoms with van der Waals surface area (Å²) in [6.45, 7) is 11.6. The van der Waals surface area contributed by atoms with Crippen LogP contribution in [0.25, 0.3) is 0 Å². The predicted molar refractivity (Wildman–Crippen MR) is 72.9 cm³/mol. The summed E-state index contributed by atoms with van der Waals surface area (Å²) < 4.78 is 11.1. The van der Waals surface area contributed by atoms with Crippen LogP contribution in [0.1, 0.15) is 26.7 Å². The molecular weight excluding hydrogens is 228 g/mol. The van der Waals surface area contributed by atoms with Crippen molar-refractivity contribution in [1.29, 1.82) is 0 Å². The quantitative estimate of drug-likeness (QED) is 0.772. The van der Waals surface area contributed by atoms with Gasteiger partial charge in [0.2, 0.25) is 0 Å². The van der Waals surface area contributed by atoms with Crippen LogP contribution in [0.2, 0.25) is 0 Å². The number of hydrogen-bond acceptors (Lipinski definition) is 4. The molecule has 3 unspecified atom stereocenters. The van der Waals surface area contributed by atoms with Crippen molar-refractivity contribution in [3.05, 3.63) is 0 Å². The zero-order valence-electron chi connectivity index (χ0n) is 11.9. The van der Waals surface area contributed by atoms with Crippen LogP contribution in [0.3, 0.4) is 0 Å². The zero-order chi connectivity index (χ0) is 12.8. The molecule has 4 heteroatoms. The molecule has 0 aliphatic carbocycles. The lowest BCUT2D eigenvalue weighted by Gasteiger charge is -2.30. The predicted octanol–water partition coefficient (Wildman–Crippen LogP) is 1.11. The SMILES string of the molecule is CCC1OCCC1CNC(C)CN1CCOCC1. The van der Waals surface area contributed by atoms with E-state index >= 15 is 0 Å². The molecule has 2 fully saturated rings. The van der Waals surface area contributed by atoms with Crippen molar-refractivity contribution in [3.63, 3.8) is 0 Å². The fourth-order valence-electron chi connectivity index (χ4n) is 2.97. The highest BCUT2D eigenvalue weighted by Gasteiger charge is 2.26. The van der Waals surface area contributed by atoms with Gasteiger partial charge in [-0.3, -0.25) is 4.90 Å². The fourth-order valence-corrected chi connectivity index (χ4v) is 2.97. The van der Waals surface area contributed by atoms with Gasteiger partial charge < -0.3 is 14.8 Å². The smallest absolute Gasteiger partial charge is 0.0613 e. The van der Waals surface area contributed by atoms with Gasteiger partial charge in [-0.2, -0.15) is 0 Å². The Kier molecular flexibility index (Phi) is 5.89. The monoisotopic (exact) mass is 256 g/mol. The number of nitrogens with one attached hydrogen (secondary N) is 1. The largest absolute Gasteiger partial charge is 0.379 e. The number of morpholine rings is 1. The minimum Gasteiger partial charge on any atom is -0.379 e. The fraction of sp³-hybridized carbons (Fsp3) is 1.00. The van der Waals surface area contributed by atoms with Crippen LogP contribution in [-0.2, 0) is 9.47 Å². The lowest BCUT2D eigenvalue weighted by Crippen LogP contribution is -2.45. The van der Waals surface area contributed by atoms with Crippen LogP contribution in [0.5, 0.6) is 0 Å². The van der Waals surface area contributed by atoms with Crippen molar-refractivity contribution in [1.82, 2.24) is 10.2 Å². The summed E-state index contributed by atoms with van der Waals surface area (Å²) in [4.78, 5) is 2.49. The molecule has 2 heterocycles. The Morgan fingerprint density at radius 2 is 2.06 bits per heavy atom. The molecule has 2 saturated heterocycles. The summed E-state index contributed by atoms with van der Waals surface area (Å²) in [7, 11) is 0. The average molecular weight is 256 g/mol. The molecule has 3 atom stereocenters. The Bertz CT molecular complexity index is 232. The topological polar surface area (TPSA) is 33.7 Å². The van der Waals surface area contributed by atoms with Gasteiger partial charge in [0, 0.05) is 38.8 Å². The summed E-state index contributed by atoms with van der Waals surface area (Å²) in [6, 6.07) is 0.557. The van der Waals surface area contributed by atoms with Crippen molar-refractivity contribution in [2.75, 3.05) is 46.0 Å². The molecule has 1 N–H and O–H groups in total. The maximum Gasteiger partial charge on any atom is 0.0613 e. The van der Waals surface area contributed by atoms with Gasteiger partial charge in [-0.25, -0.2) is 0 Å². The van der Waals surface area contributed by atoms with Crippen LogP contribution in [-0.4, -0.2) is 63.0 Å². The van der Waals surface area contributed by atoms with Crippen molar-refractivity contribution in [2.24, 2.45) is 5.92 Å². The van der Waals surface area contributed by atoms with Crippen LogP contribution in [0, 0.1) is 5.92 Å². The molecule has 106 valence electrons. The van der Waals surface area contributed by atoms with E-state index in [-0.39, 0.29) is 0 Å². The van der Waals surface area contributed by atoms with Crippen molar-refractivity contribution in [2.45, 2.75) is 38.8 Å². The van der Waals surface area contributed by atoms with Gasteiger partial charge in [0.1, 0.15) is 0 Å². The summed E-state index contributed by atoms with van der Waals surface area (Å²) in [6.07, 6.45) is 2.84. The average Bonchev–Trinajstić information content (AvgIpc) is 2.85. The molecular formula is C14H28N2O2. The van der Waals surface area contributed by atoms with Gasteiger partial charge in [-0.1, -0.05) is 6.92 Å². The Labute approximate surface area is 111 Å². The van der Waals surface area contributed by atoms with E-state index in [0.29, 0.717) is 18.1 Å². The van der Waals surface area contributed by atoms with Crippen molar-refractivity contribution >= 4 is 0 Å². The van der Waals surface area contributed by atoms with E-state index < -0.39 is 0 Å². The molecule has 2 aliphatic heterocycles. The van der Waals surface area contributed by atoms with E-state index in [9.17, 15) is 0 Å². The van der Waals surface area contributed by atoms with Gasteiger partial charge in [-0.05, 0) is 25.7 Å². The lowest BCUT2D eigenvalue weighted by molar-refractivity contribution is 0.0338. The minimum atomic E-state index is 0.480. The van der Waals surface area contributed by atoms with E-state index in [1.165, 1.54) is 6.42 Å². The highest BCUT2D eigenvalue weighted by atomic mass is 16.5. The maximum absolute atomic E-state index is 5.73. The molecule has 0 amide bonds. The first-order valence-corrected chi connectivity index (χ1v) is 7.44. The van der Waals surface area contributed by atoms with E-state index in [4.69, 9.17) is 9.47 Å². The molecule has 4 nitrogen and oxygen atoms in total. The summed E-state index contributed by atoms with van der Waals surface area (Å²) in [5.41, 5.74) is 0. The van der Waals surface area contributed by atoms with Gasteiger partial charge in [0.05, 0.1) is 19.3 Å². The van der Waals surface area contributed by atoms with Crippen LogP contribution >= 0.6 is 0 Å². The summed E-state index contributed by atoms with van der Waals surface area (Å²) in [5, 5.41) is 3.67. The van der Waals surface area contributed by atoms with Crippen LogP contribution < -0.4 is 5.32 Å². The number of rotatable bonds is 6. The highest BCUT2D eigenvalue weighted by Crippen LogP contribution is 2.22. The molecule has 0 saturated carbocycles. The van der Waals surface area contributed by atoms with Crippen molar-refractivity contribution < 1.29 is 9.47 Å². The van der Waals surface area contributed by atoms with E-state index in [2.05, 4.69) is 24.1 Å². The second-order valence-electron chi connectivity index (χ2n) is 5.59. The Hall–Kier alpha value is -0.160. The first-order valence-electron chi connectivity index (χ1n) is 7.44. The summed E-state index contributed by atoms with van der Waals surface area (Å²) in [5.74, 6) is 0.710.